The van der Waals surface area contributed by atoms with E-state index in [0.29, 0.717) is 13.1 Å². The first-order chi connectivity index (χ1) is 9.06. The molecule has 1 unspecified atom stereocenters. The molecule has 5 heteroatoms. The number of anilines is 1. The first-order valence-corrected chi connectivity index (χ1v) is 6.54. The molecule has 1 fully saturated rings. The second kappa shape index (κ2) is 5.93. The molecule has 0 bridgehead atoms. The Morgan fingerprint density at radius 2 is 2.11 bits per heavy atom. The number of carboxylic acid groups (broad SMARTS) is 1. The maximum atomic E-state index is 11.0. The van der Waals surface area contributed by atoms with Crippen LogP contribution in [-0.2, 0) is 4.79 Å². The van der Waals surface area contributed by atoms with Gasteiger partial charge in [0.1, 0.15) is 11.8 Å². The average molecular weight is 264 g/mol. The zero-order chi connectivity index (χ0) is 13.8. The van der Waals surface area contributed by atoms with Gasteiger partial charge in [-0.05, 0) is 38.1 Å². The normalized spacial score (nSPS) is 19.5. The van der Waals surface area contributed by atoms with E-state index >= 15 is 0 Å². The minimum absolute atomic E-state index is 0.154. The second-order valence-corrected chi connectivity index (χ2v) is 4.95. The summed E-state index contributed by atoms with van der Waals surface area (Å²) in [6.07, 6.45) is 0.154. The van der Waals surface area contributed by atoms with Gasteiger partial charge in [0.2, 0.25) is 0 Å². The molecule has 0 amide bonds. The van der Waals surface area contributed by atoms with E-state index in [2.05, 4.69) is 10.2 Å². The molecule has 0 aromatic heterocycles. The SMILES string of the molecule is CC(C)Oc1ccc(N2CCNC(C(=O)O)C2)cc1. The van der Waals surface area contributed by atoms with Gasteiger partial charge in [0.15, 0.2) is 0 Å². The minimum Gasteiger partial charge on any atom is -0.491 e. The Labute approximate surface area is 113 Å². The third-order valence-electron chi connectivity index (χ3n) is 3.05. The van der Waals surface area contributed by atoms with Crippen LogP contribution in [0.2, 0.25) is 0 Å². The van der Waals surface area contributed by atoms with Crippen LogP contribution < -0.4 is 15.0 Å². The van der Waals surface area contributed by atoms with Crippen LogP contribution >= 0.6 is 0 Å². The molecule has 5 nitrogen and oxygen atoms in total. The Kier molecular flexibility index (Phi) is 4.27. The molecular formula is C14H20N2O3. The van der Waals surface area contributed by atoms with Gasteiger partial charge in [-0.15, -0.1) is 0 Å². The smallest absolute Gasteiger partial charge is 0.322 e. The van der Waals surface area contributed by atoms with Crippen LogP contribution in [0, 0.1) is 0 Å². The van der Waals surface area contributed by atoms with Gasteiger partial charge in [0.05, 0.1) is 6.10 Å². The fraction of sp³-hybridized carbons (Fsp3) is 0.500. The van der Waals surface area contributed by atoms with Gasteiger partial charge in [-0.2, -0.15) is 0 Å². The largest absolute Gasteiger partial charge is 0.491 e. The number of benzene rings is 1. The Bertz CT molecular complexity index is 431. The van der Waals surface area contributed by atoms with E-state index in [1.807, 2.05) is 38.1 Å². The molecule has 1 aliphatic heterocycles. The maximum absolute atomic E-state index is 11.0. The maximum Gasteiger partial charge on any atom is 0.322 e. The molecule has 0 aliphatic carbocycles. The van der Waals surface area contributed by atoms with E-state index in [1.54, 1.807) is 0 Å². The van der Waals surface area contributed by atoms with E-state index in [0.717, 1.165) is 18.0 Å². The zero-order valence-corrected chi connectivity index (χ0v) is 11.3. The fourth-order valence-corrected chi connectivity index (χ4v) is 2.16. The van der Waals surface area contributed by atoms with Crippen LogP contribution in [-0.4, -0.2) is 42.9 Å². The summed E-state index contributed by atoms with van der Waals surface area (Å²) in [5.41, 5.74) is 1.03. The van der Waals surface area contributed by atoms with Crippen LogP contribution in [0.25, 0.3) is 0 Å². The Hall–Kier alpha value is -1.75. The van der Waals surface area contributed by atoms with Crippen LogP contribution in [0.15, 0.2) is 24.3 Å². The van der Waals surface area contributed by atoms with Gasteiger partial charge >= 0.3 is 5.97 Å². The highest BCUT2D eigenvalue weighted by Crippen LogP contribution is 2.21. The summed E-state index contributed by atoms with van der Waals surface area (Å²) in [4.78, 5) is 13.1. The molecule has 1 aliphatic rings. The molecule has 1 heterocycles. The van der Waals surface area contributed by atoms with Crippen LogP contribution in [0.3, 0.4) is 0 Å². The Morgan fingerprint density at radius 1 is 1.42 bits per heavy atom. The van der Waals surface area contributed by atoms with E-state index < -0.39 is 12.0 Å². The summed E-state index contributed by atoms with van der Waals surface area (Å²) < 4.78 is 5.59. The van der Waals surface area contributed by atoms with E-state index in [-0.39, 0.29) is 6.10 Å². The lowest BCUT2D eigenvalue weighted by atomic mass is 10.2. The average Bonchev–Trinajstić information content (AvgIpc) is 2.39. The predicted molar refractivity (Wildman–Crippen MR) is 73.8 cm³/mol. The quantitative estimate of drug-likeness (QED) is 0.859. The highest BCUT2D eigenvalue weighted by Gasteiger charge is 2.24. The van der Waals surface area contributed by atoms with Gasteiger partial charge in [0, 0.05) is 25.3 Å². The number of aliphatic carboxylic acids is 1. The molecule has 1 aromatic rings. The number of ether oxygens (including phenoxy) is 1. The van der Waals surface area contributed by atoms with Crippen LogP contribution in [0.1, 0.15) is 13.8 Å². The van der Waals surface area contributed by atoms with Crippen molar-refractivity contribution in [3.8, 4) is 5.75 Å². The lowest BCUT2D eigenvalue weighted by Crippen LogP contribution is -2.54. The van der Waals surface area contributed by atoms with Crippen LogP contribution in [0.5, 0.6) is 5.75 Å². The van der Waals surface area contributed by atoms with Crippen molar-refractivity contribution in [2.75, 3.05) is 24.5 Å². The molecule has 1 aromatic carbocycles. The first-order valence-electron chi connectivity index (χ1n) is 6.54. The van der Waals surface area contributed by atoms with Crippen molar-refractivity contribution in [2.45, 2.75) is 26.0 Å². The van der Waals surface area contributed by atoms with Crippen molar-refractivity contribution in [1.29, 1.82) is 0 Å². The van der Waals surface area contributed by atoms with E-state index in [1.165, 1.54) is 0 Å². The molecule has 19 heavy (non-hydrogen) atoms. The van der Waals surface area contributed by atoms with Crippen molar-refractivity contribution in [1.82, 2.24) is 5.32 Å². The minimum atomic E-state index is -0.801. The predicted octanol–water partition coefficient (Wildman–Crippen LogP) is 1.34. The van der Waals surface area contributed by atoms with Crippen molar-refractivity contribution in [2.24, 2.45) is 0 Å². The number of rotatable bonds is 4. The molecule has 1 atom stereocenters. The van der Waals surface area contributed by atoms with E-state index in [4.69, 9.17) is 9.84 Å². The van der Waals surface area contributed by atoms with Gasteiger partial charge in [-0.3, -0.25) is 4.79 Å². The van der Waals surface area contributed by atoms with Gasteiger partial charge < -0.3 is 20.1 Å². The van der Waals surface area contributed by atoms with Gasteiger partial charge in [0.25, 0.3) is 0 Å². The fourth-order valence-electron chi connectivity index (χ4n) is 2.16. The van der Waals surface area contributed by atoms with Crippen molar-refractivity contribution in [3.05, 3.63) is 24.3 Å². The summed E-state index contributed by atoms with van der Waals surface area (Å²) in [6, 6.07) is 7.30. The molecule has 1 saturated heterocycles. The molecule has 0 spiro atoms. The highest BCUT2D eigenvalue weighted by molar-refractivity contribution is 5.75. The number of hydrogen-bond acceptors (Lipinski definition) is 4. The third kappa shape index (κ3) is 3.61. The molecule has 0 radical (unpaired) electrons. The van der Waals surface area contributed by atoms with E-state index in [9.17, 15) is 4.79 Å². The third-order valence-corrected chi connectivity index (χ3v) is 3.05. The number of nitrogens with one attached hydrogen (secondary N) is 1. The van der Waals surface area contributed by atoms with Crippen molar-refractivity contribution in [3.63, 3.8) is 0 Å². The standard InChI is InChI=1S/C14H20N2O3/c1-10(2)19-12-5-3-11(4-6-12)16-8-7-15-13(9-16)14(17)18/h3-6,10,13,15H,7-9H2,1-2H3,(H,17,18). The number of hydrogen-bond donors (Lipinski definition) is 2. The number of carbonyl (C=O) groups is 1. The lowest BCUT2D eigenvalue weighted by molar-refractivity contribution is -0.139. The summed E-state index contributed by atoms with van der Waals surface area (Å²) >= 11 is 0. The first kappa shape index (κ1) is 13.7. The molecule has 0 saturated carbocycles. The molecular weight excluding hydrogens is 244 g/mol. The highest BCUT2D eigenvalue weighted by atomic mass is 16.5. The van der Waals surface area contributed by atoms with Gasteiger partial charge in [-0.1, -0.05) is 0 Å². The molecule has 104 valence electrons. The Balaban J connectivity index is 2.03. The summed E-state index contributed by atoms with van der Waals surface area (Å²) in [7, 11) is 0. The van der Waals surface area contributed by atoms with Gasteiger partial charge in [-0.25, -0.2) is 0 Å². The monoisotopic (exact) mass is 264 g/mol. The van der Waals surface area contributed by atoms with Crippen LogP contribution in [0.4, 0.5) is 5.69 Å². The second-order valence-electron chi connectivity index (χ2n) is 4.95. The molecule has 2 rings (SSSR count). The summed E-state index contributed by atoms with van der Waals surface area (Å²) in [6.45, 7) is 5.96. The molecule has 2 N–H and O–H groups in total. The van der Waals surface area contributed by atoms with Crippen molar-refractivity contribution >= 4 is 11.7 Å². The number of nitrogens with zero attached hydrogens (tertiary/aromatic N) is 1. The summed E-state index contributed by atoms with van der Waals surface area (Å²) in [5, 5.41) is 12.0. The number of carboxylic acids is 1. The summed E-state index contributed by atoms with van der Waals surface area (Å²) in [5.74, 6) is 0.0353. The number of piperazine rings is 1. The topological polar surface area (TPSA) is 61.8 Å². The Morgan fingerprint density at radius 3 is 2.68 bits per heavy atom. The zero-order valence-electron chi connectivity index (χ0n) is 11.3. The van der Waals surface area contributed by atoms with Crippen molar-refractivity contribution < 1.29 is 14.6 Å². The lowest BCUT2D eigenvalue weighted by Gasteiger charge is -2.33.